The summed E-state index contributed by atoms with van der Waals surface area (Å²) in [6.07, 6.45) is 3.63. The fourth-order valence-electron chi connectivity index (χ4n) is 1.25. The van der Waals surface area contributed by atoms with E-state index in [0.717, 1.165) is 6.42 Å². The molecule has 0 atom stereocenters. The number of halogens is 1. The molecule has 0 saturated carbocycles. The van der Waals surface area contributed by atoms with Crippen LogP contribution in [-0.2, 0) is 10.0 Å². The van der Waals surface area contributed by atoms with E-state index in [9.17, 15) is 12.8 Å². The van der Waals surface area contributed by atoms with Gasteiger partial charge in [0.05, 0.1) is 5.69 Å². The van der Waals surface area contributed by atoms with Crippen LogP contribution in [0.1, 0.15) is 13.3 Å². The molecule has 2 N–H and O–H groups in total. The van der Waals surface area contributed by atoms with Crippen molar-refractivity contribution in [2.45, 2.75) is 18.2 Å². The molecule has 0 aliphatic carbocycles. The fraction of sp³-hybridized carbons (Fsp3) is 0.500. The van der Waals surface area contributed by atoms with Gasteiger partial charge >= 0.3 is 0 Å². The first-order chi connectivity index (χ1) is 8.11. The smallest absolute Gasteiger partial charge is 0.244 e. The summed E-state index contributed by atoms with van der Waals surface area (Å²) in [7, 11) is -3.70. The van der Waals surface area contributed by atoms with E-state index in [1.54, 1.807) is 6.07 Å². The lowest BCUT2D eigenvalue weighted by Crippen LogP contribution is -2.26. The van der Waals surface area contributed by atoms with Crippen molar-refractivity contribution >= 4 is 15.7 Å². The number of hydrogen-bond donors (Lipinski definition) is 2. The van der Waals surface area contributed by atoms with Gasteiger partial charge in [0.1, 0.15) is 11.6 Å². The first-order valence-corrected chi connectivity index (χ1v) is 6.83. The molecular formula is C10H16FN3O2S. The normalized spacial score (nSPS) is 11.4. The summed E-state index contributed by atoms with van der Waals surface area (Å²) in [5, 5.41) is 2.99. The highest BCUT2D eigenvalue weighted by atomic mass is 32.2. The zero-order valence-corrected chi connectivity index (χ0v) is 10.4. The molecule has 96 valence electrons. The molecule has 1 rings (SSSR count). The van der Waals surface area contributed by atoms with Crippen LogP contribution in [0.5, 0.6) is 0 Å². The second kappa shape index (κ2) is 6.51. The summed E-state index contributed by atoms with van der Waals surface area (Å²) in [4.78, 5) is 3.82. The Kier molecular flexibility index (Phi) is 5.30. The lowest BCUT2D eigenvalue weighted by molar-refractivity contribution is 0.486. The summed E-state index contributed by atoms with van der Waals surface area (Å²) < 4.78 is 37.8. The van der Waals surface area contributed by atoms with Gasteiger partial charge in [0.25, 0.3) is 0 Å². The molecule has 0 unspecified atom stereocenters. The minimum Gasteiger partial charge on any atom is -0.384 e. The van der Waals surface area contributed by atoms with E-state index in [0.29, 0.717) is 12.2 Å². The van der Waals surface area contributed by atoms with Crippen molar-refractivity contribution in [3.63, 3.8) is 0 Å². The number of pyridine rings is 1. The molecule has 0 aromatic carbocycles. The Labute approximate surface area is 101 Å². The zero-order valence-electron chi connectivity index (χ0n) is 9.61. The van der Waals surface area contributed by atoms with Crippen LogP contribution in [0.25, 0.3) is 0 Å². The highest BCUT2D eigenvalue weighted by molar-refractivity contribution is 7.89. The monoisotopic (exact) mass is 261 g/mol. The van der Waals surface area contributed by atoms with Gasteiger partial charge < -0.3 is 5.32 Å². The third kappa shape index (κ3) is 3.94. The molecule has 0 aliphatic rings. The van der Waals surface area contributed by atoms with E-state index in [-0.39, 0.29) is 11.4 Å². The number of rotatable bonds is 7. The first-order valence-electron chi connectivity index (χ1n) is 5.35. The number of anilines is 1. The van der Waals surface area contributed by atoms with E-state index in [2.05, 4.69) is 15.0 Å². The molecule has 1 heterocycles. The number of nitrogens with one attached hydrogen (secondary N) is 2. The van der Waals surface area contributed by atoms with Crippen LogP contribution >= 0.6 is 0 Å². The van der Waals surface area contributed by atoms with E-state index >= 15 is 0 Å². The average Bonchev–Trinajstić information content (AvgIpc) is 2.34. The Hall–Kier alpha value is -1.21. The average molecular weight is 261 g/mol. The van der Waals surface area contributed by atoms with Crippen molar-refractivity contribution in [1.29, 1.82) is 0 Å². The maximum Gasteiger partial charge on any atom is 0.244 e. The molecule has 5 nitrogen and oxygen atoms in total. The van der Waals surface area contributed by atoms with Crippen molar-refractivity contribution in [3.8, 4) is 0 Å². The molecule has 0 saturated heterocycles. The van der Waals surface area contributed by atoms with Gasteiger partial charge in [-0.1, -0.05) is 6.92 Å². The van der Waals surface area contributed by atoms with Crippen molar-refractivity contribution in [3.05, 3.63) is 18.5 Å². The second-order valence-corrected chi connectivity index (χ2v) is 5.12. The molecule has 0 fully saturated rings. The van der Waals surface area contributed by atoms with Crippen LogP contribution in [0, 0.1) is 0 Å². The zero-order chi connectivity index (χ0) is 12.7. The summed E-state index contributed by atoms with van der Waals surface area (Å²) in [5.41, 5.74) is 0.480. The van der Waals surface area contributed by atoms with E-state index < -0.39 is 16.7 Å². The number of alkyl halides is 1. The molecule has 1 aromatic rings. The molecule has 0 radical (unpaired) electrons. The van der Waals surface area contributed by atoms with Crippen LogP contribution in [0.4, 0.5) is 10.1 Å². The quantitative estimate of drug-likeness (QED) is 0.772. The van der Waals surface area contributed by atoms with Gasteiger partial charge in [-0.3, -0.25) is 4.98 Å². The minimum absolute atomic E-state index is 0.0434. The Bertz CT molecular complexity index is 451. The van der Waals surface area contributed by atoms with Crippen LogP contribution in [0.15, 0.2) is 23.4 Å². The maximum absolute atomic E-state index is 12.0. The summed E-state index contributed by atoms with van der Waals surface area (Å²) >= 11 is 0. The van der Waals surface area contributed by atoms with Gasteiger partial charge in [-0.15, -0.1) is 0 Å². The van der Waals surface area contributed by atoms with Gasteiger partial charge in [0.15, 0.2) is 0 Å². The van der Waals surface area contributed by atoms with Crippen LogP contribution in [-0.4, -0.2) is 33.2 Å². The molecule has 1 aromatic heterocycles. The standard InChI is InChI=1S/C10H16FN3O2S/c1-2-5-13-9-3-6-12-8-10(9)17(15,16)14-7-4-11/h3,6,8,14H,2,4-5,7H2,1H3,(H,12,13). The molecule has 0 amide bonds. The summed E-state index contributed by atoms with van der Waals surface area (Å²) in [6.45, 7) is 1.67. The fourth-order valence-corrected chi connectivity index (χ4v) is 2.38. The van der Waals surface area contributed by atoms with Crippen LogP contribution in [0.2, 0.25) is 0 Å². The number of hydrogen-bond acceptors (Lipinski definition) is 4. The van der Waals surface area contributed by atoms with Crippen LogP contribution in [0.3, 0.4) is 0 Å². The largest absolute Gasteiger partial charge is 0.384 e. The first kappa shape index (κ1) is 13.9. The number of sulfonamides is 1. The molecule has 0 bridgehead atoms. The van der Waals surface area contributed by atoms with Gasteiger partial charge in [0, 0.05) is 25.5 Å². The van der Waals surface area contributed by atoms with Gasteiger partial charge in [0.2, 0.25) is 10.0 Å². The topological polar surface area (TPSA) is 71.1 Å². The highest BCUT2D eigenvalue weighted by Crippen LogP contribution is 2.18. The van der Waals surface area contributed by atoms with Gasteiger partial charge in [-0.05, 0) is 12.5 Å². The third-order valence-corrected chi connectivity index (χ3v) is 3.51. The van der Waals surface area contributed by atoms with Gasteiger partial charge in [-0.2, -0.15) is 0 Å². The minimum atomic E-state index is -3.70. The number of aromatic nitrogens is 1. The molecule has 7 heteroatoms. The second-order valence-electron chi connectivity index (χ2n) is 3.39. The Balaban J connectivity index is 2.95. The predicted octanol–water partition coefficient (Wildman–Crippen LogP) is 1.15. The van der Waals surface area contributed by atoms with E-state index in [1.807, 2.05) is 6.92 Å². The lowest BCUT2D eigenvalue weighted by Gasteiger charge is -2.11. The summed E-state index contributed by atoms with van der Waals surface area (Å²) in [5.74, 6) is 0. The van der Waals surface area contributed by atoms with Crippen molar-refractivity contribution in [1.82, 2.24) is 9.71 Å². The lowest BCUT2D eigenvalue weighted by atomic mass is 10.4. The third-order valence-electron chi connectivity index (χ3n) is 2.03. The maximum atomic E-state index is 12.0. The highest BCUT2D eigenvalue weighted by Gasteiger charge is 2.17. The summed E-state index contributed by atoms with van der Waals surface area (Å²) in [6, 6.07) is 1.58. The molecule has 17 heavy (non-hydrogen) atoms. The molecule has 0 spiro atoms. The van der Waals surface area contributed by atoms with Crippen LogP contribution < -0.4 is 10.0 Å². The van der Waals surface area contributed by atoms with Crippen molar-refractivity contribution in [2.24, 2.45) is 0 Å². The number of nitrogens with zero attached hydrogens (tertiary/aromatic N) is 1. The Morgan fingerprint density at radius 1 is 1.41 bits per heavy atom. The molecular weight excluding hydrogens is 245 g/mol. The van der Waals surface area contributed by atoms with E-state index in [1.165, 1.54) is 12.4 Å². The Morgan fingerprint density at radius 3 is 2.82 bits per heavy atom. The van der Waals surface area contributed by atoms with Gasteiger partial charge in [-0.25, -0.2) is 17.5 Å². The Morgan fingerprint density at radius 2 is 2.18 bits per heavy atom. The predicted molar refractivity (Wildman–Crippen MR) is 64.2 cm³/mol. The SMILES string of the molecule is CCCNc1ccncc1S(=O)(=O)NCCF. The van der Waals surface area contributed by atoms with Crippen molar-refractivity contribution < 1.29 is 12.8 Å². The molecule has 0 aliphatic heterocycles. The van der Waals surface area contributed by atoms with Crippen molar-refractivity contribution in [2.75, 3.05) is 25.1 Å². The van der Waals surface area contributed by atoms with E-state index in [4.69, 9.17) is 0 Å².